The molecule has 0 saturated carbocycles. The van der Waals surface area contributed by atoms with Crippen LogP contribution < -0.4 is 33.9 Å². The first-order valence-corrected chi connectivity index (χ1v) is 18.7. The summed E-state index contributed by atoms with van der Waals surface area (Å²) in [6.07, 6.45) is 3.37. The molecule has 2 bridgehead atoms. The number of hydrogen-bond acceptors (Lipinski definition) is 12. The highest BCUT2D eigenvalue weighted by molar-refractivity contribution is 5.98. The summed E-state index contributed by atoms with van der Waals surface area (Å²) in [6, 6.07) is 10.2. The number of carbonyl (C=O) groups excluding carboxylic acids is 2. The van der Waals surface area contributed by atoms with Crippen LogP contribution in [0.25, 0.3) is 10.9 Å². The number of fused-ring (bicyclic) bond motifs is 6. The van der Waals surface area contributed by atoms with Crippen molar-refractivity contribution < 1.29 is 37.8 Å². The number of carbonyl (C=O) groups is 2. The molecular formula is C40H50N6O8. The molecule has 54 heavy (non-hydrogen) atoms. The molecule has 14 nitrogen and oxygen atoms in total. The number of pyridine rings is 1. The van der Waals surface area contributed by atoms with Crippen molar-refractivity contribution in [2.24, 2.45) is 5.92 Å². The maximum absolute atomic E-state index is 13.8. The highest BCUT2D eigenvalue weighted by Crippen LogP contribution is 2.44. The quantitative estimate of drug-likeness (QED) is 0.287. The van der Waals surface area contributed by atoms with E-state index in [-0.39, 0.29) is 24.3 Å². The van der Waals surface area contributed by atoms with E-state index in [1.165, 1.54) is 0 Å². The molecule has 288 valence electrons. The number of ether oxygens (including phenoxy) is 5. The molecular weight excluding hydrogens is 692 g/mol. The molecule has 3 aliphatic rings. The van der Waals surface area contributed by atoms with E-state index in [0.717, 1.165) is 78.2 Å². The van der Waals surface area contributed by atoms with Crippen LogP contribution in [0.1, 0.15) is 58.6 Å². The van der Waals surface area contributed by atoms with Gasteiger partial charge in [0.15, 0.2) is 23.0 Å². The molecule has 1 N–H and O–H groups in total. The molecule has 0 aliphatic carbocycles. The van der Waals surface area contributed by atoms with Crippen LogP contribution in [-0.2, 0) is 17.9 Å². The number of nitrogens with zero attached hydrogens (tertiary/aromatic N) is 5. The first-order valence-electron chi connectivity index (χ1n) is 18.7. The zero-order valence-corrected chi connectivity index (χ0v) is 31.9. The molecule has 0 spiro atoms. The molecule has 5 heterocycles. The number of aryl methyl sites for hydroxylation is 2. The minimum atomic E-state index is -0.243. The largest absolute Gasteiger partial charge is 0.493 e. The van der Waals surface area contributed by atoms with Gasteiger partial charge < -0.3 is 43.3 Å². The Labute approximate surface area is 315 Å². The molecule has 14 heteroatoms. The lowest BCUT2D eigenvalue weighted by Crippen LogP contribution is -2.45. The van der Waals surface area contributed by atoms with Crippen molar-refractivity contribution in [2.45, 2.75) is 52.6 Å². The summed E-state index contributed by atoms with van der Waals surface area (Å²) >= 11 is 0. The summed E-state index contributed by atoms with van der Waals surface area (Å²) in [7, 11) is 4.85. The summed E-state index contributed by atoms with van der Waals surface area (Å²) in [5, 5.41) is 7.97. The Morgan fingerprint density at radius 2 is 1.72 bits per heavy atom. The lowest BCUT2D eigenvalue weighted by atomic mass is 9.97. The van der Waals surface area contributed by atoms with Gasteiger partial charge >= 0.3 is 0 Å². The maximum Gasteiger partial charge on any atom is 0.259 e. The fraction of sp³-hybridized carbons (Fsp3) is 0.500. The second-order valence-corrected chi connectivity index (χ2v) is 14.3. The minimum absolute atomic E-state index is 0.0380. The van der Waals surface area contributed by atoms with Crippen LogP contribution >= 0.6 is 0 Å². The fourth-order valence-electron chi connectivity index (χ4n) is 7.86. The Bertz CT molecular complexity index is 1980. The van der Waals surface area contributed by atoms with E-state index in [9.17, 15) is 9.59 Å². The Balaban J connectivity index is 1.27. The number of nitrogens with one attached hydrogen (secondary N) is 1. The van der Waals surface area contributed by atoms with Crippen LogP contribution in [0, 0.1) is 19.8 Å². The Kier molecular flexibility index (Phi) is 11.3. The first-order chi connectivity index (χ1) is 26.3. The molecule has 2 aromatic heterocycles. The fourth-order valence-corrected chi connectivity index (χ4v) is 7.86. The molecule has 7 rings (SSSR count). The van der Waals surface area contributed by atoms with Gasteiger partial charge in [-0.05, 0) is 75.8 Å². The number of amides is 2. The predicted molar refractivity (Wildman–Crippen MR) is 202 cm³/mol. The lowest BCUT2D eigenvalue weighted by Gasteiger charge is -2.36. The smallest absolute Gasteiger partial charge is 0.259 e. The van der Waals surface area contributed by atoms with Crippen molar-refractivity contribution in [2.75, 3.05) is 78.7 Å². The average Bonchev–Trinajstić information content (AvgIpc) is 3.53. The van der Waals surface area contributed by atoms with Crippen molar-refractivity contribution in [3.05, 3.63) is 58.5 Å². The standard InChI is InChI=1S/C40H50N6O8/c1-25-36(26(2)54-43-25)40(48)46-13-7-6-12-44(21-27-10-11-32-33(17-27)53-16-15-52-32)23-29-18-30-31(19-34(49-3)38(51-5)37(30)50-4)42-39(29)45-14-8-9-28(22-45)20-41-35(47)24-46/h10-11,17-19,28H,6-9,12-16,20-24H2,1-5H3,(H,41,47). The highest BCUT2D eigenvalue weighted by Gasteiger charge is 2.29. The van der Waals surface area contributed by atoms with E-state index in [0.29, 0.717) is 80.1 Å². The topological polar surface area (TPSA) is 141 Å². The molecule has 2 aromatic carbocycles. The molecule has 1 unspecified atom stereocenters. The summed E-state index contributed by atoms with van der Waals surface area (Å²) in [4.78, 5) is 39.0. The minimum Gasteiger partial charge on any atom is -0.493 e. The van der Waals surface area contributed by atoms with Gasteiger partial charge in [-0.2, -0.15) is 0 Å². The van der Waals surface area contributed by atoms with Gasteiger partial charge in [0.05, 0.1) is 39.1 Å². The van der Waals surface area contributed by atoms with Gasteiger partial charge in [0.2, 0.25) is 11.7 Å². The van der Waals surface area contributed by atoms with Crippen molar-refractivity contribution >= 4 is 28.5 Å². The molecule has 1 atom stereocenters. The average molecular weight is 743 g/mol. The number of hydrogen-bond donors (Lipinski definition) is 1. The van der Waals surface area contributed by atoms with E-state index in [1.54, 1.807) is 40.1 Å². The highest BCUT2D eigenvalue weighted by atomic mass is 16.6. The number of methoxy groups -OCH3 is 3. The van der Waals surface area contributed by atoms with Gasteiger partial charge in [-0.15, -0.1) is 0 Å². The molecule has 1 saturated heterocycles. The third-order valence-electron chi connectivity index (χ3n) is 10.5. The lowest BCUT2D eigenvalue weighted by molar-refractivity contribution is -0.122. The Hall–Kier alpha value is -5.24. The van der Waals surface area contributed by atoms with Crippen LogP contribution in [0.4, 0.5) is 5.82 Å². The van der Waals surface area contributed by atoms with Gasteiger partial charge in [-0.3, -0.25) is 14.5 Å². The predicted octanol–water partition coefficient (Wildman–Crippen LogP) is 4.91. The van der Waals surface area contributed by atoms with E-state index >= 15 is 0 Å². The Morgan fingerprint density at radius 1 is 0.926 bits per heavy atom. The molecule has 1 fully saturated rings. The monoisotopic (exact) mass is 742 g/mol. The third-order valence-corrected chi connectivity index (χ3v) is 10.5. The SMILES string of the molecule is COc1cc2nc3c(cc2c(OC)c1OC)CN(Cc1ccc2c(c1)OCCO2)CCCCN(C(=O)c1c(C)noc1C)CC(=O)NCC1CCCN3C1. The van der Waals surface area contributed by atoms with E-state index in [4.69, 9.17) is 33.2 Å². The van der Waals surface area contributed by atoms with Gasteiger partial charge in [-0.25, -0.2) is 4.98 Å². The van der Waals surface area contributed by atoms with Gasteiger partial charge in [0, 0.05) is 56.3 Å². The van der Waals surface area contributed by atoms with Gasteiger partial charge in [0.1, 0.15) is 30.4 Å². The summed E-state index contributed by atoms with van der Waals surface area (Å²) in [6.45, 7) is 8.92. The second-order valence-electron chi connectivity index (χ2n) is 14.3. The number of anilines is 1. The van der Waals surface area contributed by atoms with E-state index < -0.39 is 0 Å². The van der Waals surface area contributed by atoms with E-state index in [1.807, 2.05) is 12.1 Å². The zero-order chi connectivity index (χ0) is 37.8. The summed E-state index contributed by atoms with van der Waals surface area (Å²) in [5.74, 6) is 4.25. The van der Waals surface area contributed by atoms with Gasteiger partial charge in [-0.1, -0.05) is 11.2 Å². The summed E-state index contributed by atoms with van der Waals surface area (Å²) < 4.78 is 34.5. The van der Waals surface area contributed by atoms with Crippen LogP contribution in [0.3, 0.4) is 0 Å². The van der Waals surface area contributed by atoms with E-state index in [2.05, 4.69) is 38.5 Å². The van der Waals surface area contributed by atoms with Crippen LogP contribution in [0.2, 0.25) is 0 Å². The molecule has 3 aliphatic heterocycles. The van der Waals surface area contributed by atoms with Crippen molar-refractivity contribution in [3.63, 3.8) is 0 Å². The number of benzene rings is 2. The third kappa shape index (κ3) is 7.84. The summed E-state index contributed by atoms with van der Waals surface area (Å²) in [5.41, 5.74) is 3.83. The van der Waals surface area contributed by atoms with Crippen LogP contribution in [-0.4, -0.2) is 106 Å². The normalized spacial score (nSPS) is 18.5. The number of aromatic nitrogens is 2. The number of piperidine rings is 1. The maximum atomic E-state index is 13.8. The molecule has 2 amide bonds. The second kappa shape index (κ2) is 16.4. The first kappa shape index (κ1) is 37.1. The van der Waals surface area contributed by atoms with Gasteiger partial charge in [0.25, 0.3) is 5.91 Å². The molecule has 0 radical (unpaired) electrons. The molecule has 4 aromatic rings. The Morgan fingerprint density at radius 3 is 2.48 bits per heavy atom. The van der Waals surface area contributed by atoms with Crippen LogP contribution in [0.15, 0.2) is 34.9 Å². The van der Waals surface area contributed by atoms with Crippen molar-refractivity contribution in [1.29, 1.82) is 0 Å². The van der Waals surface area contributed by atoms with Crippen molar-refractivity contribution in [3.8, 4) is 28.7 Å². The van der Waals surface area contributed by atoms with Crippen LogP contribution in [0.5, 0.6) is 28.7 Å². The number of rotatable bonds is 6. The zero-order valence-electron chi connectivity index (χ0n) is 31.9. The van der Waals surface area contributed by atoms with Crippen molar-refractivity contribution in [1.82, 2.24) is 25.3 Å².